The van der Waals surface area contributed by atoms with Gasteiger partial charge in [-0.15, -0.1) is 0 Å². The molecule has 4 nitrogen and oxygen atoms in total. The van der Waals surface area contributed by atoms with Crippen LogP contribution in [0.4, 0.5) is 5.69 Å². The third-order valence-corrected chi connectivity index (χ3v) is 2.17. The van der Waals surface area contributed by atoms with E-state index in [2.05, 4.69) is 17.0 Å². The van der Waals surface area contributed by atoms with Crippen molar-refractivity contribution in [3.63, 3.8) is 0 Å². The highest BCUT2D eigenvalue weighted by molar-refractivity contribution is 5.58. The van der Waals surface area contributed by atoms with Gasteiger partial charge >= 0.3 is 0 Å². The number of hydrogen-bond donors (Lipinski definition) is 1. The zero-order chi connectivity index (χ0) is 10.7. The van der Waals surface area contributed by atoms with Crippen molar-refractivity contribution in [1.29, 1.82) is 0 Å². The van der Waals surface area contributed by atoms with E-state index in [0.29, 0.717) is 5.69 Å². The van der Waals surface area contributed by atoms with Crippen LogP contribution in [0.3, 0.4) is 0 Å². The molecule has 0 aliphatic rings. The lowest BCUT2D eigenvalue weighted by atomic mass is 10.2. The minimum atomic E-state index is 0.680. The van der Waals surface area contributed by atoms with Crippen molar-refractivity contribution in [3.8, 4) is 11.3 Å². The zero-order valence-electron chi connectivity index (χ0n) is 8.72. The quantitative estimate of drug-likeness (QED) is 0.827. The summed E-state index contributed by atoms with van der Waals surface area (Å²) in [4.78, 5) is 4.24. The maximum atomic E-state index is 5.57. The number of anilines is 1. The SMILES string of the molecule is CCCn1cc(-c2ccc(N)cn2)cn1. The Morgan fingerprint density at radius 3 is 2.87 bits per heavy atom. The molecule has 0 aliphatic heterocycles. The Balaban J connectivity index is 2.25. The first-order chi connectivity index (χ1) is 7.29. The normalized spacial score (nSPS) is 10.5. The second kappa shape index (κ2) is 4.13. The largest absolute Gasteiger partial charge is 0.397 e. The van der Waals surface area contributed by atoms with Gasteiger partial charge in [0.1, 0.15) is 0 Å². The Morgan fingerprint density at radius 1 is 1.33 bits per heavy atom. The molecule has 0 bridgehead atoms. The maximum absolute atomic E-state index is 5.57. The van der Waals surface area contributed by atoms with Crippen LogP contribution in [0, 0.1) is 0 Å². The van der Waals surface area contributed by atoms with Crippen LogP contribution < -0.4 is 5.73 Å². The van der Waals surface area contributed by atoms with Crippen molar-refractivity contribution in [1.82, 2.24) is 14.8 Å². The van der Waals surface area contributed by atoms with Gasteiger partial charge in [-0.25, -0.2) is 0 Å². The predicted molar refractivity (Wildman–Crippen MR) is 60.2 cm³/mol. The van der Waals surface area contributed by atoms with Crippen molar-refractivity contribution in [2.24, 2.45) is 0 Å². The lowest BCUT2D eigenvalue weighted by Gasteiger charge is -1.97. The number of nitrogen functional groups attached to an aromatic ring is 1. The molecule has 0 spiro atoms. The standard InChI is InChI=1S/C11H14N4/c1-2-5-15-8-9(6-14-15)11-4-3-10(12)7-13-11/h3-4,6-8H,2,5,12H2,1H3. The van der Waals surface area contributed by atoms with E-state index < -0.39 is 0 Å². The Labute approximate surface area is 88.8 Å². The summed E-state index contributed by atoms with van der Waals surface area (Å²) in [5.74, 6) is 0. The average Bonchev–Trinajstić information content (AvgIpc) is 2.68. The van der Waals surface area contributed by atoms with Crippen LogP contribution in [0.5, 0.6) is 0 Å². The monoisotopic (exact) mass is 202 g/mol. The Bertz CT molecular complexity index is 430. The number of pyridine rings is 1. The van der Waals surface area contributed by atoms with Crippen molar-refractivity contribution >= 4 is 5.69 Å². The number of rotatable bonds is 3. The molecule has 0 atom stereocenters. The molecule has 2 N–H and O–H groups in total. The van der Waals surface area contributed by atoms with Crippen LogP contribution >= 0.6 is 0 Å². The molecule has 78 valence electrons. The van der Waals surface area contributed by atoms with E-state index in [9.17, 15) is 0 Å². The first-order valence-electron chi connectivity index (χ1n) is 5.04. The summed E-state index contributed by atoms with van der Waals surface area (Å²) in [6.45, 7) is 3.07. The van der Waals surface area contributed by atoms with Gasteiger partial charge in [0.05, 0.1) is 23.8 Å². The zero-order valence-corrected chi connectivity index (χ0v) is 8.72. The average molecular weight is 202 g/mol. The van der Waals surface area contributed by atoms with Crippen LogP contribution in [-0.2, 0) is 6.54 Å². The fraction of sp³-hybridized carbons (Fsp3) is 0.273. The molecular weight excluding hydrogens is 188 g/mol. The van der Waals surface area contributed by atoms with Gasteiger partial charge in [-0.05, 0) is 18.6 Å². The number of hydrogen-bond acceptors (Lipinski definition) is 3. The van der Waals surface area contributed by atoms with E-state index in [1.165, 1.54) is 0 Å². The van der Waals surface area contributed by atoms with Gasteiger partial charge < -0.3 is 5.73 Å². The van der Waals surface area contributed by atoms with Gasteiger partial charge in [-0.1, -0.05) is 6.92 Å². The molecule has 2 aromatic rings. The summed E-state index contributed by atoms with van der Waals surface area (Å²) in [7, 11) is 0. The minimum absolute atomic E-state index is 0.680. The number of nitrogens with zero attached hydrogens (tertiary/aromatic N) is 3. The highest BCUT2D eigenvalue weighted by atomic mass is 15.3. The van der Waals surface area contributed by atoms with Crippen molar-refractivity contribution in [2.45, 2.75) is 19.9 Å². The minimum Gasteiger partial charge on any atom is -0.397 e. The molecule has 4 heteroatoms. The van der Waals surface area contributed by atoms with E-state index in [1.54, 1.807) is 6.20 Å². The van der Waals surface area contributed by atoms with Crippen LogP contribution in [0.25, 0.3) is 11.3 Å². The van der Waals surface area contributed by atoms with Gasteiger partial charge in [0.15, 0.2) is 0 Å². The lowest BCUT2D eigenvalue weighted by molar-refractivity contribution is 0.603. The molecule has 2 heterocycles. The highest BCUT2D eigenvalue weighted by Crippen LogP contribution is 2.16. The summed E-state index contributed by atoms with van der Waals surface area (Å²) >= 11 is 0. The topological polar surface area (TPSA) is 56.7 Å². The summed E-state index contributed by atoms with van der Waals surface area (Å²) in [6, 6.07) is 3.75. The van der Waals surface area contributed by atoms with Crippen LogP contribution in [0.15, 0.2) is 30.7 Å². The second-order valence-electron chi connectivity index (χ2n) is 3.47. The third kappa shape index (κ3) is 2.15. The van der Waals surface area contributed by atoms with Crippen LogP contribution in [0.1, 0.15) is 13.3 Å². The molecule has 2 rings (SSSR count). The molecule has 0 amide bonds. The molecular formula is C11H14N4. The maximum Gasteiger partial charge on any atom is 0.0735 e. The fourth-order valence-corrected chi connectivity index (χ4v) is 1.42. The van der Waals surface area contributed by atoms with Crippen molar-refractivity contribution in [3.05, 3.63) is 30.7 Å². The smallest absolute Gasteiger partial charge is 0.0735 e. The number of nitrogens with two attached hydrogens (primary N) is 1. The Morgan fingerprint density at radius 2 is 2.20 bits per heavy atom. The molecule has 2 aromatic heterocycles. The van der Waals surface area contributed by atoms with Crippen LogP contribution in [-0.4, -0.2) is 14.8 Å². The highest BCUT2D eigenvalue weighted by Gasteiger charge is 2.01. The van der Waals surface area contributed by atoms with E-state index in [1.807, 2.05) is 29.2 Å². The van der Waals surface area contributed by atoms with Crippen LogP contribution in [0.2, 0.25) is 0 Å². The second-order valence-corrected chi connectivity index (χ2v) is 3.47. The number of aromatic nitrogens is 3. The van der Waals surface area contributed by atoms with Crippen molar-refractivity contribution < 1.29 is 0 Å². The molecule has 0 aliphatic carbocycles. The van der Waals surface area contributed by atoms with Gasteiger partial charge in [-0.2, -0.15) is 5.10 Å². The Hall–Kier alpha value is -1.84. The Kier molecular flexibility index (Phi) is 2.67. The molecule has 0 unspecified atom stereocenters. The van der Waals surface area contributed by atoms with Crippen molar-refractivity contribution in [2.75, 3.05) is 5.73 Å². The third-order valence-electron chi connectivity index (χ3n) is 2.17. The fourth-order valence-electron chi connectivity index (χ4n) is 1.42. The van der Waals surface area contributed by atoms with E-state index in [0.717, 1.165) is 24.2 Å². The molecule has 0 saturated heterocycles. The summed E-state index contributed by atoms with van der Waals surface area (Å²) in [5.41, 5.74) is 8.19. The molecule has 0 saturated carbocycles. The summed E-state index contributed by atoms with van der Waals surface area (Å²) in [6.07, 6.45) is 6.57. The summed E-state index contributed by atoms with van der Waals surface area (Å²) in [5, 5.41) is 4.25. The molecule has 0 fully saturated rings. The van der Waals surface area contributed by atoms with Gasteiger partial charge in [0, 0.05) is 18.3 Å². The lowest BCUT2D eigenvalue weighted by Crippen LogP contribution is -1.95. The first kappa shape index (κ1) is 9.71. The molecule has 0 aromatic carbocycles. The predicted octanol–water partition coefficient (Wildman–Crippen LogP) is 1.94. The molecule has 15 heavy (non-hydrogen) atoms. The molecule has 0 radical (unpaired) electrons. The number of aryl methyl sites for hydroxylation is 1. The van der Waals surface area contributed by atoms with Gasteiger partial charge in [0.25, 0.3) is 0 Å². The van der Waals surface area contributed by atoms with E-state index >= 15 is 0 Å². The van der Waals surface area contributed by atoms with Gasteiger partial charge in [-0.3, -0.25) is 9.67 Å². The first-order valence-corrected chi connectivity index (χ1v) is 5.04. The van der Waals surface area contributed by atoms with E-state index in [-0.39, 0.29) is 0 Å². The van der Waals surface area contributed by atoms with Gasteiger partial charge in [0.2, 0.25) is 0 Å². The summed E-state index contributed by atoms with van der Waals surface area (Å²) < 4.78 is 1.92. The van der Waals surface area contributed by atoms with E-state index in [4.69, 9.17) is 5.73 Å².